The predicted octanol–water partition coefficient (Wildman–Crippen LogP) is 2.43. The van der Waals surface area contributed by atoms with Crippen molar-refractivity contribution < 1.29 is 9.59 Å². The molecule has 110 valence electrons. The second kappa shape index (κ2) is 5.53. The zero-order valence-electron chi connectivity index (χ0n) is 11.5. The molecule has 0 aromatic carbocycles. The van der Waals surface area contributed by atoms with Gasteiger partial charge in [-0.15, -0.1) is 22.7 Å². The first kappa shape index (κ1) is 14.2. The summed E-state index contributed by atoms with van der Waals surface area (Å²) in [6, 6.07) is 0. The highest BCUT2D eigenvalue weighted by Crippen LogP contribution is 2.40. The average Bonchev–Trinajstić information content (AvgIpc) is 3.00. The van der Waals surface area contributed by atoms with E-state index in [2.05, 4.69) is 20.6 Å². The number of hydrogen-bond acceptors (Lipinski definition) is 6. The Morgan fingerprint density at radius 3 is 1.76 bits per heavy atom. The van der Waals surface area contributed by atoms with E-state index in [4.69, 9.17) is 0 Å². The van der Waals surface area contributed by atoms with E-state index < -0.39 is 0 Å². The van der Waals surface area contributed by atoms with E-state index in [1.807, 2.05) is 13.8 Å². The van der Waals surface area contributed by atoms with Crippen molar-refractivity contribution in [2.75, 3.05) is 10.6 Å². The fourth-order valence-electron chi connectivity index (χ4n) is 2.00. The van der Waals surface area contributed by atoms with Crippen molar-refractivity contribution in [3.8, 4) is 0 Å². The van der Waals surface area contributed by atoms with E-state index in [-0.39, 0.29) is 23.7 Å². The molecule has 2 heterocycles. The fraction of sp³-hybridized carbons (Fsp3) is 0.385. The first-order chi connectivity index (χ1) is 10.0. The number of rotatable bonds is 4. The minimum atomic E-state index is -0.268. The topological polar surface area (TPSA) is 84.0 Å². The van der Waals surface area contributed by atoms with E-state index in [1.54, 1.807) is 12.4 Å². The minimum Gasteiger partial charge on any atom is -0.302 e. The van der Waals surface area contributed by atoms with Crippen molar-refractivity contribution in [3.63, 3.8) is 0 Å². The van der Waals surface area contributed by atoms with Gasteiger partial charge in [0.2, 0.25) is 11.8 Å². The summed E-state index contributed by atoms with van der Waals surface area (Å²) in [6.07, 6.45) is 4.00. The number of carbonyl (C=O) groups excluding carboxylic acids is 2. The Morgan fingerprint density at radius 2 is 1.43 bits per heavy atom. The van der Waals surface area contributed by atoms with Gasteiger partial charge in [-0.25, -0.2) is 9.97 Å². The van der Waals surface area contributed by atoms with Gasteiger partial charge >= 0.3 is 0 Å². The number of nitrogens with zero attached hydrogens (tertiary/aromatic N) is 2. The van der Waals surface area contributed by atoms with Crippen molar-refractivity contribution in [1.82, 2.24) is 9.97 Å². The quantitative estimate of drug-likeness (QED) is 0.905. The van der Waals surface area contributed by atoms with Crippen LogP contribution in [0.15, 0.2) is 12.4 Å². The van der Waals surface area contributed by atoms with Gasteiger partial charge < -0.3 is 10.6 Å². The van der Waals surface area contributed by atoms with E-state index in [0.717, 1.165) is 9.75 Å². The molecular formula is C13H14N4O2S2. The molecule has 0 spiro atoms. The second-order valence-corrected chi connectivity index (χ2v) is 7.45. The molecule has 8 heteroatoms. The zero-order valence-corrected chi connectivity index (χ0v) is 13.2. The highest BCUT2D eigenvalue weighted by atomic mass is 32.1. The monoisotopic (exact) mass is 322 g/mol. The van der Waals surface area contributed by atoms with Crippen LogP contribution in [0.4, 0.5) is 10.3 Å². The van der Waals surface area contributed by atoms with Gasteiger partial charge in [0.15, 0.2) is 10.3 Å². The minimum absolute atomic E-state index is 0.139. The number of nitrogens with one attached hydrogen (secondary N) is 2. The summed E-state index contributed by atoms with van der Waals surface area (Å²) >= 11 is 2.85. The summed E-state index contributed by atoms with van der Waals surface area (Å²) in [5.74, 6) is -0.815. The van der Waals surface area contributed by atoms with E-state index >= 15 is 0 Å². The molecule has 0 saturated heterocycles. The maximum atomic E-state index is 12.0. The first-order valence-electron chi connectivity index (χ1n) is 6.49. The van der Waals surface area contributed by atoms with Crippen molar-refractivity contribution in [1.29, 1.82) is 0 Å². The van der Waals surface area contributed by atoms with Gasteiger partial charge in [-0.1, -0.05) is 0 Å². The van der Waals surface area contributed by atoms with Gasteiger partial charge in [-0.2, -0.15) is 0 Å². The van der Waals surface area contributed by atoms with Crippen LogP contribution < -0.4 is 10.6 Å². The van der Waals surface area contributed by atoms with Crippen molar-refractivity contribution in [2.45, 2.75) is 20.3 Å². The number of amides is 2. The molecule has 0 bridgehead atoms. The molecular weight excluding hydrogens is 308 g/mol. The van der Waals surface area contributed by atoms with Crippen LogP contribution in [0, 0.1) is 25.7 Å². The summed E-state index contributed by atoms with van der Waals surface area (Å²) < 4.78 is 0. The van der Waals surface area contributed by atoms with Crippen LogP contribution in [0.25, 0.3) is 0 Å². The van der Waals surface area contributed by atoms with Gasteiger partial charge in [0.25, 0.3) is 0 Å². The average molecular weight is 322 g/mol. The van der Waals surface area contributed by atoms with E-state index in [9.17, 15) is 9.59 Å². The number of hydrogen-bond donors (Lipinski definition) is 2. The largest absolute Gasteiger partial charge is 0.302 e. The molecule has 2 aromatic rings. The molecule has 0 aliphatic heterocycles. The smallest absolute Gasteiger partial charge is 0.230 e. The number of thiazole rings is 2. The fourth-order valence-corrected chi connectivity index (χ4v) is 3.33. The third-order valence-corrected chi connectivity index (χ3v) is 4.82. The SMILES string of the molecule is Cc1cnc(NC(=O)[C@@H]2C[C@H]2C(=O)Nc2ncc(C)s2)s1. The van der Waals surface area contributed by atoms with Crippen LogP contribution in [0.3, 0.4) is 0 Å². The van der Waals surface area contributed by atoms with Gasteiger partial charge in [0, 0.05) is 22.1 Å². The van der Waals surface area contributed by atoms with Gasteiger partial charge in [-0.05, 0) is 20.3 Å². The third-order valence-electron chi connectivity index (χ3n) is 3.17. The van der Waals surface area contributed by atoms with Crippen LogP contribution in [-0.4, -0.2) is 21.8 Å². The van der Waals surface area contributed by atoms with Crippen molar-refractivity contribution in [3.05, 3.63) is 22.1 Å². The normalized spacial score (nSPS) is 20.1. The Balaban J connectivity index is 1.53. The summed E-state index contributed by atoms with van der Waals surface area (Å²) in [6.45, 7) is 3.85. The predicted molar refractivity (Wildman–Crippen MR) is 82.6 cm³/mol. The summed E-state index contributed by atoms with van der Waals surface area (Å²) in [5.41, 5.74) is 0. The van der Waals surface area contributed by atoms with Crippen LogP contribution in [-0.2, 0) is 9.59 Å². The molecule has 6 nitrogen and oxygen atoms in total. The Bertz CT molecular complexity index is 636. The standard InChI is InChI=1S/C13H14N4O2S2/c1-6-4-14-12(20-6)16-10(18)8-3-9(8)11(19)17-13-15-5-7(2)21-13/h4-5,8-9H,3H2,1-2H3,(H,14,16,18)(H,15,17,19)/t8-,9-/m1/s1. The Hall–Kier alpha value is -1.80. The number of aromatic nitrogens is 2. The van der Waals surface area contributed by atoms with E-state index in [1.165, 1.54) is 22.7 Å². The molecule has 1 fully saturated rings. The molecule has 2 amide bonds. The molecule has 1 aliphatic carbocycles. The molecule has 2 N–H and O–H groups in total. The summed E-state index contributed by atoms with van der Waals surface area (Å²) in [4.78, 5) is 34.3. The van der Waals surface area contributed by atoms with Crippen LogP contribution >= 0.6 is 22.7 Å². The van der Waals surface area contributed by atoms with Crippen molar-refractivity contribution in [2.24, 2.45) is 11.8 Å². The Labute approximate surface area is 129 Å². The lowest BCUT2D eigenvalue weighted by Crippen LogP contribution is -2.20. The lowest BCUT2D eigenvalue weighted by Gasteiger charge is -2.01. The van der Waals surface area contributed by atoms with Crippen LogP contribution in [0.2, 0.25) is 0 Å². The summed E-state index contributed by atoms with van der Waals surface area (Å²) in [7, 11) is 0. The highest BCUT2D eigenvalue weighted by molar-refractivity contribution is 7.16. The maximum absolute atomic E-state index is 12.0. The second-order valence-electron chi connectivity index (χ2n) is 4.98. The van der Waals surface area contributed by atoms with E-state index in [0.29, 0.717) is 16.7 Å². The van der Waals surface area contributed by atoms with Gasteiger partial charge in [-0.3, -0.25) is 9.59 Å². The Kier molecular flexibility index (Phi) is 3.73. The first-order valence-corrected chi connectivity index (χ1v) is 8.13. The summed E-state index contributed by atoms with van der Waals surface area (Å²) in [5, 5.41) is 6.67. The molecule has 21 heavy (non-hydrogen) atoms. The van der Waals surface area contributed by atoms with Crippen LogP contribution in [0.5, 0.6) is 0 Å². The molecule has 2 aromatic heterocycles. The third kappa shape index (κ3) is 3.27. The van der Waals surface area contributed by atoms with Crippen LogP contribution in [0.1, 0.15) is 16.2 Å². The molecule has 0 unspecified atom stereocenters. The zero-order chi connectivity index (χ0) is 15.0. The number of carbonyl (C=O) groups is 2. The highest BCUT2D eigenvalue weighted by Gasteiger charge is 2.48. The van der Waals surface area contributed by atoms with Gasteiger partial charge in [0.1, 0.15) is 0 Å². The maximum Gasteiger partial charge on any atom is 0.230 e. The number of anilines is 2. The molecule has 0 radical (unpaired) electrons. The lowest BCUT2D eigenvalue weighted by atomic mass is 10.3. The molecule has 1 saturated carbocycles. The molecule has 3 rings (SSSR count). The number of aryl methyl sites for hydroxylation is 2. The lowest BCUT2D eigenvalue weighted by molar-refractivity contribution is -0.122. The molecule has 2 atom stereocenters. The Morgan fingerprint density at radius 1 is 1.00 bits per heavy atom. The van der Waals surface area contributed by atoms with Gasteiger partial charge in [0.05, 0.1) is 11.8 Å². The molecule has 1 aliphatic rings. The van der Waals surface area contributed by atoms with Crippen molar-refractivity contribution >= 4 is 44.8 Å².